The van der Waals surface area contributed by atoms with Gasteiger partial charge in [0.25, 0.3) is 11.8 Å². The SMILES string of the molecule is CC(C)=C/C(C)=N\NC(=O)CNC(=O)c1ccccc1. The number of nitrogens with zero attached hydrogens (tertiary/aromatic N) is 1. The van der Waals surface area contributed by atoms with Gasteiger partial charge in [-0.2, -0.15) is 5.10 Å². The van der Waals surface area contributed by atoms with Crippen LogP contribution in [0, 0.1) is 0 Å². The zero-order valence-electron chi connectivity index (χ0n) is 11.9. The lowest BCUT2D eigenvalue weighted by Gasteiger charge is -2.04. The van der Waals surface area contributed by atoms with Crippen molar-refractivity contribution >= 4 is 17.5 Å². The normalized spacial score (nSPS) is 10.7. The number of hydrazone groups is 1. The summed E-state index contributed by atoms with van der Waals surface area (Å²) in [6, 6.07) is 8.73. The van der Waals surface area contributed by atoms with Crippen LogP contribution in [0.1, 0.15) is 31.1 Å². The number of benzene rings is 1. The number of carbonyl (C=O) groups is 2. The monoisotopic (exact) mass is 273 g/mol. The van der Waals surface area contributed by atoms with Crippen molar-refractivity contribution in [2.24, 2.45) is 5.10 Å². The molecule has 0 heterocycles. The molecule has 1 aromatic carbocycles. The Morgan fingerprint density at radius 3 is 2.40 bits per heavy atom. The third-order valence-corrected chi connectivity index (χ3v) is 2.30. The van der Waals surface area contributed by atoms with Crippen molar-refractivity contribution in [2.75, 3.05) is 6.54 Å². The number of carbonyl (C=O) groups excluding carboxylic acids is 2. The quantitative estimate of drug-likeness (QED) is 0.635. The van der Waals surface area contributed by atoms with E-state index in [2.05, 4.69) is 15.8 Å². The van der Waals surface area contributed by atoms with Crippen molar-refractivity contribution in [1.82, 2.24) is 10.7 Å². The van der Waals surface area contributed by atoms with Crippen molar-refractivity contribution in [1.29, 1.82) is 0 Å². The molecular formula is C15H19N3O2. The Kier molecular flexibility index (Phi) is 6.16. The van der Waals surface area contributed by atoms with Crippen LogP contribution in [0.5, 0.6) is 0 Å². The molecule has 1 rings (SSSR count). The van der Waals surface area contributed by atoms with Crippen molar-refractivity contribution in [2.45, 2.75) is 20.8 Å². The first-order chi connectivity index (χ1) is 9.49. The molecule has 0 saturated carbocycles. The fraction of sp³-hybridized carbons (Fsp3) is 0.267. The molecule has 0 aliphatic heterocycles. The molecule has 1 aromatic rings. The first kappa shape index (κ1) is 15.6. The van der Waals surface area contributed by atoms with Gasteiger partial charge in [0.1, 0.15) is 0 Å². The lowest BCUT2D eigenvalue weighted by Crippen LogP contribution is -2.35. The summed E-state index contributed by atoms with van der Waals surface area (Å²) in [5.41, 5.74) is 4.70. The summed E-state index contributed by atoms with van der Waals surface area (Å²) in [5, 5.41) is 6.43. The fourth-order valence-electron chi connectivity index (χ4n) is 1.49. The van der Waals surface area contributed by atoms with Gasteiger partial charge in [0.15, 0.2) is 0 Å². The molecule has 0 radical (unpaired) electrons. The molecule has 106 valence electrons. The van der Waals surface area contributed by atoms with E-state index in [0.717, 1.165) is 5.57 Å². The average Bonchev–Trinajstić information content (AvgIpc) is 2.42. The third-order valence-electron chi connectivity index (χ3n) is 2.30. The van der Waals surface area contributed by atoms with Gasteiger partial charge in [0.05, 0.1) is 12.3 Å². The van der Waals surface area contributed by atoms with Crippen LogP contribution < -0.4 is 10.7 Å². The molecular weight excluding hydrogens is 254 g/mol. The van der Waals surface area contributed by atoms with Crippen LogP contribution in [0.25, 0.3) is 0 Å². The fourth-order valence-corrected chi connectivity index (χ4v) is 1.49. The zero-order chi connectivity index (χ0) is 15.0. The lowest BCUT2D eigenvalue weighted by molar-refractivity contribution is -0.120. The van der Waals surface area contributed by atoms with Gasteiger partial charge in [0, 0.05) is 5.56 Å². The minimum atomic E-state index is -0.365. The minimum Gasteiger partial charge on any atom is -0.343 e. The summed E-state index contributed by atoms with van der Waals surface area (Å²) in [6.45, 7) is 5.57. The van der Waals surface area contributed by atoms with Crippen LogP contribution in [0.4, 0.5) is 0 Å². The molecule has 5 heteroatoms. The smallest absolute Gasteiger partial charge is 0.259 e. The van der Waals surface area contributed by atoms with E-state index in [1.807, 2.05) is 26.0 Å². The molecule has 0 spiro atoms. The largest absolute Gasteiger partial charge is 0.343 e. The molecule has 2 amide bonds. The molecule has 0 aliphatic carbocycles. The Morgan fingerprint density at radius 2 is 1.80 bits per heavy atom. The highest BCUT2D eigenvalue weighted by atomic mass is 16.2. The predicted molar refractivity (Wildman–Crippen MR) is 79.5 cm³/mol. The van der Waals surface area contributed by atoms with E-state index in [1.165, 1.54) is 0 Å². The molecule has 2 N–H and O–H groups in total. The summed E-state index contributed by atoms with van der Waals surface area (Å²) in [4.78, 5) is 23.2. The van der Waals surface area contributed by atoms with E-state index >= 15 is 0 Å². The van der Waals surface area contributed by atoms with E-state index < -0.39 is 0 Å². The summed E-state index contributed by atoms with van der Waals surface area (Å²) in [5.74, 6) is -0.651. The molecule has 20 heavy (non-hydrogen) atoms. The van der Waals surface area contributed by atoms with Gasteiger partial charge in [-0.1, -0.05) is 23.8 Å². The predicted octanol–water partition coefficient (Wildman–Crippen LogP) is 1.87. The molecule has 0 unspecified atom stereocenters. The van der Waals surface area contributed by atoms with E-state index in [0.29, 0.717) is 11.3 Å². The number of hydrogen-bond acceptors (Lipinski definition) is 3. The Hall–Kier alpha value is -2.43. The van der Waals surface area contributed by atoms with Crippen molar-refractivity contribution < 1.29 is 9.59 Å². The molecule has 0 fully saturated rings. The molecule has 0 aliphatic rings. The first-order valence-electron chi connectivity index (χ1n) is 6.30. The van der Waals surface area contributed by atoms with Gasteiger partial charge in [0.2, 0.25) is 0 Å². The lowest BCUT2D eigenvalue weighted by atomic mass is 10.2. The molecule has 5 nitrogen and oxygen atoms in total. The van der Waals surface area contributed by atoms with Crippen LogP contribution in [-0.2, 0) is 4.79 Å². The maximum absolute atomic E-state index is 11.7. The Bertz CT molecular complexity index is 529. The summed E-state index contributed by atoms with van der Waals surface area (Å²) in [7, 11) is 0. The topological polar surface area (TPSA) is 70.6 Å². The molecule has 0 bridgehead atoms. The Labute approximate surface area is 118 Å². The summed E-state index contributed by atoms with van der Waals surface area (Å²) < 4.78 is 0. The van der Waals surface area contributed by atoms with Crippen LogP contribution in [-0.4, -0.2) is 24.1 Å². The van der Waals surface area contributed by atoms with Crippen LogP contribution in [0.3, 0.4) is 0 Å². The van der Waals surface area contributed by atoms with Gasteiger partial charge in [-0.25, -0.2) is 5.43 Å². The van der Waals surface area contributed by atoms with Gasteiger partial charge in [-0.3, -0.25) is 9.59 Å². The highest BCUT2D eigenvalue weighted by Gasteiger charge is 2.06. The zero-order valence-corrected chi connectivity index (χ0v) is 11.9. The van der Waals surface area contributed by atoms with Gasteiger partial charge < -0.3 is 5.32 Å². The minimum absolute atomic E-state index is 0.112. The van der Waals surface area contributed by atoms with Crippen LogP contribution in [0.2, 0.25) is 0 Å². The highest BCUT2D eigenvalue weighted by Crippen LogP contribution is 1.97. The Balaban J connectivity index is 2.41. The van der Waals surface area contributed by atoms with Crippen LogP contribution in [0.15, 0.2) is 47.1 Å². The number of rotatable bonds is 5. The summed E-state index contributed by atoms with van der Waals surface area (Å²) >= 11 is 0. The van der Waals surface area contributed by atoms with Crippen molar-refractivity contribution in [3.8, 4) is 0 Å². The maximum Gasteiger partial charge on any atom is 0.259 e. The van der Waals surface area contributed by atoms with E-state index in [4.69, 9.17) is 0 Å². The molecule has 0 aromatic heterocycles. The molecule has 0 saturated heterocycles. The number of nitrogens with one attached hydrogen (secondary N) is 2. The second-order valence-corrected chi connectivity index (χ2v) is 4.56. The second-order valence-electron chi connectivity index (χ2n) is 4.56. The maximum atomic E-state index is 11.7. The van der Waals surface area contributed by atoms with E-state index in [9.17, 15) is 9.59 Å². The van der Waals surface area contributed by atoms with Crippen molar-refractivity contribution in [3.63, 3.8) is 0 Å². The first-order valence-corrected chi connectivity index (χ1v) is 6.30. The third kappa shape index (κ3) is 5.95. The average molecular weight is 273 g/mol. The Morgan fingerprint density at radius 1 is 1.15 bits per heavy atom. The molecule has 0 atom stereocenters. The van der Waals surface area contributed by atoms with Gasteiger partial charge >= 0.3 is 0 Å². The summed E-state index contributed by atoms with van der Waals surface area (Å²) in [6.07, 6.45) is 1.85. The van der Waals surface area contributed by atoms with Gasteiger partial charge in [-0.05, 0) is 39.0 Å². The van der Waals surface area contributed by atoms with Gasteiger partial charge in [-0.15, -0.1) is 0 Å². The van der Waals surface area contributed by atoms with E-state index in [1.54, 1.807) is 31.2 Å². The number of amides is 2. The number of allylic oxidation sites excluding steroid dienone is 2. The number of hydrogen-bond donors (Lipinski definition) is 2. The van der Waals surface area contributed by atoms with Crippen LogP contribution >= 0.6 is 0 Å². The standard InChI is InChI=1S/C15H19N3O2/c1-11(2)9-12(3)17-18-14(19)10-16-15(20)13-7-5-4-6-8-13/h4-9H,10H2,1-3H3,(H,16,20)(H,18,19)/b17-12-. The highest BCUT2D eigenvalue weighted by molar-refractivity contribution is 5.97. The van der Waals surface area contributed by atoms with Crippen molar-refractivity contribution in [3.05, 3.63) is 47.5 Å². The van der Waals surface area contributed by atoms with E-state index in [-0.39, 0.29) is 18.4 Å². The second kappa shape index (κ2) is 7.89.